The van der Waals surface area contributed by atoms with Gasteiger partial charge in [0.05, 0.1) is 35.4 Å². The molecule has 37 heavy (non-hydrogen) atoms. The molecule has 1 heterocycles. The van der Waals surface area contributed by atoms with Gasteiger partial charge in [-0.05, 0) is 85.3 Å². The molecule has 6 nitrogen and oxygen atoms in total. The molecule has 0 radical (unpaired) electrons. The van der Waals surface area contributed by atoms with Crippen molar-refractivity contribution in [2.45, 2.75) is 53.1 Å². The summed E-state index contributed by atoms with van der Waals surface area (Å²) < 4.78 is 12.8. The van der Waals surface area contributed by atoms with Crippen molar-refractivity contribution < 1.29 is 9.47 Å². The van der Waals surface area contributed by atoms with Crippen LogP contribution in [0.2, 0.25) is 5.02 Å². The molecule has 3 aromatic carbocycles. The lowest BCUT2D eigenvalue weighted by Crippen LogP contribution is -2.20. The number of aryl methyl sites for hydroxylation is 1. The molecule has 0 aliphatic heterocycles. The molecule has 7 heteroatoms. The summed E-state index contributed by atoms with van der Waals surface area (Å²) in [4.78, 5) is 18.5. The van der Waals surface area contributed by atoms with Crippen molar-refractivity contribution in [1.82, 2.24) is 9.66 Å². The average Bonchev–Trinajstić information content (AvgIpc) is 2.89. The van der Waals surface area contributed by atoms with Crippen LogP contribution in [0.5, 0.6) is 11.5 Å². The van der Waals surface area contributed by atoms with Crippen LogP contribution in [0.4, 0.5) is 0 Å². The number of ether oxygens (including phenoxy) is 2. The second kappa shape index (κ2) is 11.2. The van der Waals surface area contributed by atoms with Crippen molar-refractivity contribution in [3.63, 3.8) is 0 Å². The van der Waals surface area contributed by atoms with Crippen LogP contribution in [0.15, 0.2) is 64.5 Å². The fraction of sp³-hybridized carbons (Fsp3) is 0.300. The fourth-order valence-corrected chi connectivity index (χ4v) is 4.32. The Balaban J connectivity index is 1.87. The van der Waals surface area contributed by atoms with Crippen LogP contribution in [-0.4, -0.2) is 29.1 Å². The van der Waals surface area contributed by atoms with Crippen LogP contribution in [0.25, 0.3) is 22.3 Å². The first-order chi connectivity index (χ1) is 17.7. The summed E-state index contributed by atoms with van der Waals surface area (Å²) >= 11 is 6.47. The molecule has 0 aliphatic rings. The van der Waals surface area contributed by atoms with E-state index in [9.17, 15) is 4.79 Å². The maximum absolute atomic E-state index is 13.6. The van der Waals surface area contributed by atoms with Gasteiger partial charge in [-0.2, -0.15) is 9.78 Å². The maximum atomic E-state index is 13.6. The zero-order chi connectivity index (χ0) is 26.7. The molecule has 4 rings (SSSR count). The van der Waals surface area contributed by atoms with Crippen LogP contribution in [0.1, 0.15) is 56.7 Å². The minimum absolute atomic E-state index is 0.0605. The quantitative estimate of drug-likeness (QED) is 0.231. The van der Waals surface area contributed by atoms with Crippen LogP contribution in [0.3, 0.4) is 0 Å². The Morgan fingerprint density at radius 1 is 1.08 bits per heavy atom. The number of nitrogens with zero attached hydrogens (tertiary/aromatic N) is 3. The molecule has 0 saturated carbocycles. The number of aromatic nitrogens is 2. The number of methoxy groups -OCH3 is 1. The third-order valence-electron chi connectivity index (χ3n) is 6.37. The Morgan fingerprint density at radius 3 is 2.51 bits per heavy atom. The number of para-hydroxylation sites is 1. The average molecular weight is 518 g/mol. The van der Waals surface area contributed by atoms with Gasteiger partial charge in [-0.3, -0.25) is 4.79 Å². The Bertz CT molecular complexity index is 1530. The van der Waals surface area contributed by atoms with Crippen LogP contribution >= 0.6 is 11.6 Å². The molecule has 192 valence electrons. The summed E-state index contributed by atoms with van der Waals surface area (Å²) in [6.07, 6.45) is 2.55. The van der Waals surface area contributed by atoms with Crippen molar-refractivity contribution in [3.05, 3.63) is 86.7 Å². The molecule has 0 amide bonds. The summed E-state index contributed by atoms with van der Waals surface area (Å²) in [5, 5.41) is 5.58. The van der Waals surface area contributed by atoms with E-state index < -0.39 is 0 Å². The van der Waals surface area contributed by atoms with E-state index >= 15 is 0 Å². The van der Waals surface area contributed by atoms with E-state index in [1.165, 1.54) is 4.68 Å². The molecule has 0 bridgehead atoms. The minimum atomic E-state index is -0.249. The lowest BCUT2D eigenvalue weighted by atomic mass is 9.96. The molecule has 1 aromatic heterocycles. The fourth-order valence-electron chi connectivity index (χ4n) is 4.09. The van der Waals surface area contributed by atoms with Crippen LogP contribution in [0, 0.1) is 6.92 Å². The third kappa shape index (κ3) is 5.54. The summed E-state index contributed by atoms with van der Waals surface area (Å²) in [6, 6.07) is 16.8. The van der Waals surface area contributed by atoms with Gasteiger partial charge in [0.1, 0.15) is 11.5 Å². The molecule has 0 spiro atoms. The third-order valence-corrected chi connectivity index (χ3v) is 6.67. The normalized spacial score (nSPS) is 12.4. The Labute approximate surface area is 222 Å². The molecule has 0 unspecified atom stereocenters. The first-order valence-corrected chi connectivity index (χ1v) is 12.8. The van der Waals surface area contributed by atoms with Gasteiger partial charge in [-0.1, -0.05) is 44.5 Å². The zero-order valence-electron chi connectivity index (χ0n) is 22.1. The summed E-state index contributed by atoms with van der Waals surface area (Å²) in [6.45, 7) is 10.2. The predicted molar refractivity (Wildman–Crippen MR) is 152 cm³/mol. The highest BCUT2D eigenvalue weighted by molar-refractivity contribution is 6.32. The van der Waals surface area contributed by atoms with Gasteiger partial charge >= 0.3 is 0 Å². The summed E-state index contributed by atoms with van der Waals surface area (Å²) in [5.74, 6) is 2.11. The smallest absolute Gasteiger partial charge is 0.282 e. The number of fused-ring (bicyclic) bond motifs is 1. The molecule has 1 atom stereocenters. The lowest BCUT2D eigenvalue weighted by molar-refractivity contribution is 0.217. The lowest BCUT2D eigenvalue weighted by Gasteiger charge is -2.17. The first kappa shape index (κ1) is 26.4. The van der Waals surface area contributed by atoms with Gasteiger partial charge in [0, 0.05) is 5.56 Å². The molecular weight excluding hydrogens is 486 g/mol. The van der Waals surface area contributed by atoms with Crippen LogP contribution in [-0.2, 0) is 0 Å². The summed E-state index contributed by atoms with van der Waals surface area (Å²) in [7, 11) is 1.67. The van der Waals surface area contributed by atoms with E-state index in [-0.39, 0.29) is 17.6 Å². The van der Waals surface area contributed by atoms with Crippen molar-refractivity contribution in [2.24, 2.45) is 5.10 Å². The Morgan fingerprint density at radius 2 is 1.84 bits per heavy atom. The van der Waals surface area contributed by atoms with E-state index in [4.69, 9.17) is 26.1 Å². The first-order valence-electron chi connectivity index (χ1n) is 12.4. The SMILES string of the molecule is CC[C@@H](C)Oc1ccc(C=Nn2c(-c3cc(C(C)C)c(OC)cc3C)nc3ccccc3c2=O)cc1Cl. The van der Waals surface area contributed by atoms with Crippen molar-refractivity contribution in [2.75, 3.05) is 7.11 Å². The number of rotatable bonds is 8. The molecule has 0 N–H and O–H groups in total. The highest BCUT2D eigenvalue weighted by atomic mass is 35.5. The number of hydrogen-bond donors (Lipinski definition) is 0. The van der Waals surface area contributed by atoms with E-state index in [2.05, 4.69) is 25.9 Å². The topological polar surface area (TPSA) is 65.7 Å². The monoisotopic (exact) mass is 517 g/mol. The summed E-state index contributed by atoms with van der Waals surface area (Å²) in [5.41, 5.74) is 3.89. The molecule has 0 aliphatic carbocycles. The zero-order valence-corrected chi connectivity index (χ0v) is 22.8. The van der Waals surface area contributed by atoms with E-state index in [0.29, 0.717) is 27.5 Å². The van der Waals surface area contributed by atoms with Gasteiger partial charge < -0.3 is 9.47 Å². The van der Waals surface area contributed by atoms with Gasteiger partial charge in [0.25, 0.3) is 5.56 Å². The second-order valence-electron chi connectivity index (χ2n) is 9.40. The van der Waals surface area contributed by atoms with Crippen molar-refractivity contribution in [1.29, 1.82) is 0 Å². The largest absolute Gasteiger partial charge is 0.496 e. The molecule has 0 saturated heterocycles. The predicted octanol–water partition coefficient (Wildman–Crippen LogP) is 7.22. The minimum Gasteiger partial charge on any atom is -0.496 e. The molecule has 4 aromatic rings. The highest BCUT2D eigenvalue weighted by Gasteiger charge is 2.18. The van der Waals surface area contributed by atoms with Crippen molar-refractivity contribution >= 4 is 28.7 Å². The van der Waals surface area contributed by atoms with Gasteiger partial charge in [-0.15, -0.1) is 0 Å². The number of halogens is 1. The van der Waals surface area contributed by atoms with Gasteiger partial charge in [0.2, 0.25) is 0 Å². The van der Waals surface area contributed by atoms with E-state index in [1.807, 2.05) is 56.3 Å². The highest BCUT2D eigenvalue weighted by Crippen LogP contribution is 2.34. The molecule has 0 fully saturated rings. The molecular formula is C30H32ClN3O3. The second-order valence-corrected chi connectivity index (χ2v) is 9.81. The maximum Gasteiger partial charge on any atom is 0.282 e. The van der Waals surface area contributed by atoms with Gasteiger partial charge in [-0.25, -0.2) is 4.98 Å². The van der Waals surface area contributed by atoms with Crippen LogP contribution < -0.4 is 15.0 Å². The number of benzene rings is 3. The Kier molecular flexibility index (Phi) is 7.98. The Hall–Kier alpha value is -3.64. The van der Waals surface area contributed by atoms with Gasteiger partial charge in [0.15, 0.2) is 5.82 Å². The standard InChI is InChI=1S/C30H32ClN3O3/c1-7-20(5)37-27-13-12-21(15-25(27)31)17-32-34-29(33-26-11-9-8-10-22(26)30(34)35)24-16-23(18(2)3)28(36-6)14-19(24)4/h8-18,20H,7H2,1-6H3/t20-/m1/s1. The van der Waals surface area contributed by atoms with E-state index in [0.717, 1.165) is 34.4 Å². The van der Waals surface area contributed by atoms with Crippen molar-refractivity contribution in [3.8, 4) is 22.9 Å². The van der Waals surface area contributed by atoms with E-state index in [1.54, 1.807) is 25.5 Å². The number of hydrogen-bond acceptors (Lipinski definition) is 5.